The first-order valence-electron chi connectivity index (χ1n) is 6.10. The van der Waals surface area contributed by atoms with Gasteiger partial charge in [0.1, 0.15) is 0 Å². The smallest absolute Gasteiger partial charge is 0.414 e. The Bertz CT molecular complexity index is 497. The number of rotatable bonds is 2. The van der Waals surface area contributed by atoms with Gasteiger partial charge in [-0.25, -0.2) is 9.59 Å². The standard InChI is InChI=1S/C10H15N3O.C2H2O4/c1-3-9-11-10(12-14-9)8-4-6-13(2)7-5-8;3-1(4)2(5)6/h4H,3,5-7H2,1-2H3;(H,3,4)(H,5,6). The monoisotopic (exact) mass is 283 g/mol. The van der Waals surface area contributed by atoms with E-state index in [1.165, 1.54) is 5.57 Å². The molecule has 2 rings (SSSR count). The van der Waals surface area contributed by atoms with E-state index >= 15 is 0 Å². The van der Waals surface area contributed by atoms with Gasteiger partial charge < -0.3 is 19.6 Å². The van der Waals surface area contributed by atoms with Crippen molar-refractivity contribution in [3.05, 3.63) is 17.8 Å². The SMILES string of the molecule is CCc1nc(C2=CCN(C)CC2)no1.O=C(O)C(=O)O. The van der Waals surface area contributed by atoms with Crippen LogP contribution in [0.15, 0.2) is 10.6 Å². The van der Waals surface area contributed by atoms with Gasteiger partial charge in [-0.1, -0.05) is 18.2 Å². The van der Waals surface area contributed by atoms with E-state index in [-0.39, 0.29) is 0 Å². The Balaban J connectivity index is 0.000000286. The minimum Gasteiger partial charge on any atom is -0.473 e. The van der Waals surface area contributed by atoms with Crippen molar-refractivity contribution in [2.24, 2.45) is 0 Å². The van der Waals surface area contributed by atoms with Crippen molar-refractivity contribution in [1.29, 1.82) is 0 Å². The minimum absolute atomic E-state index is 0.722. The largest absolute Gasteiger partial charge is 0.473 e. The second-order valence-electron chi connectivity index (χ2n) is 4.22. The Hall–Kier alpha value is -2.22. The van der Waals surface area contributed by atoms with Crippen LogP contribution in [0.25, 0.3) is 5.57 Å². The number of carbonyl (C=O) groups is 2. The first kappa shape index (κ1) is 15.8. The minimum atomic E-state index is -1.82. The van der Waals surface area contributed by atoms with Crippen molar-refractivity contribution in [2.75, 3.05) is 20.1 Å². The molecule has 0 fully saturated rings. The molecule has 2 heterocycles. The molecule has 1 aliphatic heterocycles. The third kappa shape index (κ3) is 4.81. The number of aryl methyl sites for hydroxylation is 1. The molecule has 8 nitrogen and oxygen atoms in total. The first-order valence-corrected chi connectivity index (χ1v) is 6.10. The molecule has 0 radical (unpaired) electrons. The Labute approximate surface area is 115 Å². The molecule has 1 aromatic heterocycles. The van der Waals surface area contributed by atoms with Gasteiger partial charge in [0.05, 0.1) is 0 Å². The Morgan fingerprint density at radius 3 is 2.45 bits per heavy atom. The van der Waals surface area contributed by atoms with Crippen LogP contribution in [0.5, 0.6) is 0 Å². The fourth-order valence-corrected chi connectivity index (χ4v) is 1.50. The predicted molar refractivity (Wildman–Crippen MR) is 69.0 cm³/mol. The van der Waals surface area contributed by atoms with Crippen LogP contribution in [0.4, 0.5) is 0 Å². The average molecular weight is 283 g/mol. The summed E-state index contributed by atoms with van der Waals surface area (Å²) in [6, 6.07) is 0. The van der Waals surface area contributed by atoms with Crippen LogP contribution < -0.4 is 0 Å². The Kier molecular flexibility index (Phi) is 5.85. The highest BCUT2D eigenvalue weighted by molar-refractivity contribution is 6.27. The number of likely N-dealkylation sites (N-methyl/N-ethyl adjacent to an activating group) is 1. The predicted octanol–water partition coefficient (Wildman–Crippen LogP) is 0.506. The summed E-state index contributed by atoms with van der Waals surface area (Å²) < 4.78 is 5.08. The molecule has 0 aromatic carbocycles. The van der Waals surface area contributed by atoms with Crippen LogP contribution in [0.1, 0.15) is 25.1 Å². The third-order valence-corrected chi connectivity index (χ3v) is 2.65. The highest BCUT2D eigenvalue weighted by Gasteiger charge is 2.14. The van der Waals surface area contributed by atoms with Gasteiger partial charge >= 0.3 is 11.9 Å². The summed E-state index contributed by atoms with van der Waals surface area (Å²) in [5.74, 6) is -2.15. The van der Waals surface area contributed by atoms with Gasteiger partial charge in [0.2, 0.25) is 5.89 Å². The molecule has 0 saturated carbocycles. The molecule has 20 heavy (non-hydrogen) atoms. The van der Waals surface area contributed by atoms with E-state index in [0.29, 0.717) is 0 Å². The zero-order chi connectivity index (χ0) is 15.1. The molecule has 1 aliphatic rings. The molecule has 0 spiro atoms. The molecular weight excluding hydrogens is 266 g/mol. The maximum absolute atomic E-state index is 9.10. The van der Waals surface area contributed by atoms with E-state index in [0.717, 1.165) is 37.6 Å². The molecule has 2 N–H and O–H groups in total. The molecule has 8 heteroatoms. The van der Waals surface area contributed by atoms with E-state index in [2.05, 4.69) is 28.2 Å². The second kappa shape index (κ2) is 7.39. The molecule has 0 aliphatic carbocycles. The fourth-order valence-electron chi connectivity index (χ4n) is 1.50. The van der Waals surface area contributed by atoms with Crippen molar-refractivity contribution in [3.8, 4) is 0 Å². The highest BCUT2D eigenvalue weighted by atomic mass is 16.5. The highest BCUT2D eigenvalue weighted by Crippen LogP contribution is 2.18. The van der Waals surface area contributed by atoms with E-state index in [4.69, 9.17) is 24.3 Å². The lowest BCUT2D eigenvalue weighted by Crippen LogP contribution is -2.23. The molecule has 1 aromatic rings. The molecule has 0 atom stereocenters. The normalized spacial score (nSPS) is 15.0. The Morgan fingerprint density at radius 1 is 1.40 bits per heavy atom. The maximum Gasteiger partial charge on any atom is 0.414 e. The van der Waals surface area contributed by atoms with Crippen molar-refractivity contribution >= 4 is 17.5 Å². The summed E-state index contributed by atoms with van der Waals surface area (Å²) in [7, 11) is 2.11. The maximum atomic E-state index is 9.10. The summed E-state index contributed by atoms with van der Waals surface area (Å²) in [4.78, 5) is 24.8. The molecule has 0 saturated heterocycles. The lowest BCUT2D eigenvalue weighted by Gasteiger charge is -2.19. The van der Waals surface area contributed by atoms with Crippen molar-refractivity contribution < 1.29 is 24.3 Å². The lowest BCUT2D eigenvalue weighted by atomic mass is 10.1. The van der Waals surface area contributed by atoms with E-state index in [1.54, 1.807) is 0 Å². The summed E-state index contributed by atoms with van der Waals surface area (Å²) in [5.41, 5.74) is 1.21. The third-order valence-electron chi connectivity index (χ3n) is 2.65. The van der Waals surface area contributed by atoms with Crippen LogP contribution in [0.2, 0.25) is 0 Å². The number of carboxylic acid groups (broad SMARTS) is 2. The molecule has 0 unspecified atom stereocenters. The molecular formula is C12H17N3O5. The number of aliphatic carboxylic acids is 2. The van der Waals surface area contributed by atoms with Gasteiger partial charge in [0, 0.05) is 19.5 Å². The average Bonchev–Trinajstić information content (AvgIpc) is 2.89. The van der Waals surface area contributed by atoms with Crippen LogP contribution >= 0.6 is 0 Å². The van der Waals surface area contributed by atoms with Gasteiger partial charge in [-0.15, -0.1) is 0 Å². The first-order chi connectivity index (χ1) is 9.43. The summed E-state index contributed by atoms with van der Waals surface area (Å²) >= 11 is 0. The van der Waals surface area contributed by atoms with Crippen LogP contribution in [0, 0.1) is 0 Å². The zero-order valence-corrected chi connectivity index (χ0v) is 11.4. The van der Waals surface area contributed by atoms with Gasteiger partial charge in [-0.3, -0.25) is 0 Å². The van der Waals surface area contributed by atoms with Crippen molar-refractivity contribution in [2.45, 2.75) is 19.8 Å². The summed E-state index contributed by atoms with van der Waals surface area (Å²) in [5, 5.41) is 18.7. The van der Waals surface area contributed by atoms with E-state index in [1.807, 2.05) is 6.92 Å². The number of hydrogen-bond acceptors (Lipinski definition) is 6. The van der Waals surface area contributed by atoms with Crippen molar-refractivity contribution in [1.82, 2.24) is 15.0 Å². The number of nitrogens with zero attached hydrogens (tertiary/aromatic N) is 3. The number of hydrogen-bond donors (Lipinski definition) is 2. The molecule has 110 valence electrons. The number of aromatic nitrogens is 2. The van der Waals surface area contributed by atoms with Gasteiger partial charge in [0.15, 0.2) is 5.82 Å². The fraction of sp³-hybridized carbons (Fsp3) is 0.500. The van der Waals surface area contributed by atoms with Gasteiger partial charge in [-0.05, 0) is 19.0 Å². The van der Waals surface area contributed by atoms with Crippen LogP contribution in [-0.4, -0.2) is 57.3 Å². The summed E-state index contributed by atoms with van der Waals surface area (Å²) in [6.45, 7) is 4.06. The van der Waals surface area contributed by atoms with Crippen LogP contribution in [-0.2, 0) is 16.0 Å². The lowest BCUT2D eigenvalue weighted by molar-refractivity contribution is -0.159. The van der Waals surface area contributed by atoms with Gasteiger partial charge in [0.25, 0.3) is 0 Å². The topological polar surface area (TPSA) is 117 Å². The van der Waals surface area contributed by atoms with Gasteiger partial charge in [-0.2, -0.15) is 4.98 Å². The van der Waals surface area contributed by atoms with Crippen molar-refractivity contribution in [3.63, 3.8) is 0 Å². The zero-order valence-electron chi connectivity index (χ0n) is 11.4. The van der Waals surface area contributed by atoms with Crippen LogP contribution in [0.3, 0.4) is 0 Å². The Morgan fingerprint density at radius 2 is 2.05 bits per heavy atom. The number of carboxylic acids is 2. The van der Waals surface area contributed by atoms with E-state index < -0.39 is 11.9 Å². The quantitative estimate of drug-likeness (QED) is 0.754. The second-order valence-corrected chi connectivity index (χ2v) is 4.22. The molecule has 0 bridgehead atoms. The molecule has 0 amide bonds. The van der Waals surface area contributed by atoms with E-state index in [9.17, 15) is 0 Å². The summed E-state index contributed by atoms with van der Waals surface area (Å²) in [6.07, 6.45) is 3.99.